The number of fused-ring (bicyclic) bond motifs is 1. The average molecular weight is 606 g/mol. The number of nitrogens with zero attached hydrogens (tertiary/aromatic N) is 6. The molecule has 1 fully saturated rings. The topological polar surface area (TPSA) is 144 Å². The van der Waals surface area contributed by atoms with Gasteiger partial charge in [-0.3, -0.25) is 18.9 Å². The van der Waals surface area contributed by atoms with E-state index in [4.69, 9.17) is 14.5 Å². The van der Waals surface area contributed by atoms with E-state index in [1.54, 1.807) is 0 Å². The fourth-order valence-corrected chi connectivity index (χ4v) is 6.00. The molecule has 0 radical (unpaired) electrons. The first-order valence-electron chi connectivity index (χ1n) is 14.3. The predicted molar refractivity (Wildman–Crippen MR) is 156 cm³/mol. The van der Waals surface area contributed by atoms with Crippen LogP contribution in [0, 0.1) is 11.3 Å². The number of aromatic nitrogens is 6. The van der Waals surface area contributed by atoms with E-state index >= 15 is 0 Å². The van der Waals surface area contributed by atoms with Gasteiger partial charge >= 0.3 is 57.1 Å². The molecular formula is C31H32KN7O4. The number of aryl methyl sites for hydroxylation is 1. The van der Waals surface area contributed by atoms with E-state index in [-0.39, 0.29) is 77.1 Å². The number of hydrogen-bond donors (Lipinski definition) is 1. The second-order valence-corrected chi connectivity index (χ2v) is 10.6. The number of rotatable bonds is 9. The van der Waals surface area contributed by atoms with E-state index in [9.17, 15) is 9.59 Å². The molecule has 0 saturated heterocycles. The van der Waals surface area contributed by atoms with Crippen LogP contribution in [0.3, 0.4) is 0 Å². The summed E-state index contributed by atoms with van der Waals surface area (Å²) in [7, 11) is 0. The third-order valence-electron chi connectivity index (χ3n) is 7.97. The van der Waals surface area contributed by atoms with Crippen molar-refractivity contribution in [3.63, 3.8) is 0 Å². The van der Waals surface area contributed by atoms with Gasteiger partial charge in [0.2, 0.25) is 5.78 Å². The molecule has 1 N–H and O–H groups in total. The zero-order valence-electron chi connectivity index (χ0n) is 25.3. The van der Waals surface area contributed by atoms with Gasteiger partial charge < -0.3 is 6.16 Å². The maximum Gasteiger partial charge on any atom is 1.00 e. The number of aromatic amines is 1. The molecule has 12 heteroatoms. The maximum atomic E-state index is 14.2. The second-order valence-electron chi connectivity index (χ2n) is 10.6. The Labute approximate surface area is 291 Å². The van der Waals surface area contributed by atoms with Gasteiger partial charge in [0.15, 0.2) is 5.82 Å². The van der Waals surface area contributed by atoms with Crippen molar-refractivity contribution >= 4 is 5.78 Å². The largest absolute Gasteiger partial charge is 1.00 e. The zero-order chi connectivity index (χ0) is 29.1. The van der Waals surface area contributed by atoms with Crippen LogP contribution in [-0.4, -0.2) is 42.0 Å². The second kappa shape index (κ2) is 14.1. The Balaban J connectivity index is 0.00000221. The number of benzene rings is 2. The van der Waals surface area contributed by atoms with E-state index in [1.807, 2.05) is 63.7 Å². The van der Waals surface area contributed by atoms with Gasteiger partial charge in [0, 0.05) is 23.6 Å². The Hall–Kier alpha value is -3.18. The van der Waals surface area contributed by atoms with Crippen LogP contribution in [0.2, 0.25) is 0 Å². The molecule has 1 aliphatic rings. The summed E-state index contributed by atoms with van der Waals surface area (Å²) in [5.41, 5.74) is 5.21. The van der Waals surface area contributed by atoms with Gasteiger partial charge in [-0.05, 0) is 48.8 Å². The molecule has 5 aromatic rings. The number of ether oxygens (including phenoxy) is 1. The fraction of sp³-hybridized carbons (Fsp3) is 0.355. The Bertz CT molecular complexity index is 1860. The Morgan fingerprint density at radius 2 is 1.84 bits per heavy atom. The summed E-state index contributed by atoms with van der Waals surface area (Å²) in [6, 6.07) is 17.8. The Kier molecular flexibility index (Phi) is 10.2. The minimum Gasteiger partial charge on any atom is -1.00 e. The van der Waals surface area contributed by atoms with Gasteiger partial charge in [-0.25, -0.2) is 9.31 Å². The summed E-state index contributed by atoms with van der Waals surface area (Å²) >= 11 is 0. The summed E-state index contributed by atoms with van der Waals surface area (Å²) in [4.78, 5) is 32.8. The van der Waals surface area contributed by atoms with Gasteiger partial charge in [-0.2, -0.15) is 15.3 Å². The van der Waals surface area contributed by atoms with Crippen LogP contribution in [0.15, 0.2) is 69.0 Å². The minimum absolute atomic E-state index is 0. The summed E-state index contributed by atoms with van der Waals surface area (Å²) in [6.45, 7) is 2.18. The molecule has 0 unspecified atom stereocenters. The molecule has 0 spiro atoms. The summed E-state index contributed by atoms with van der Waals surface area (Å²) < 4.78 is 14.0. The van der Waals surface area contributed by atoms with Crippen molar-refractivity contribution in [3.8, 4) is 28.6 Å². The molecule has 43 heavy (non-hydrogen) atoms. The smallest absolute Gasteiger partial charge is 1.00 e. The van der Waals surface area contributed by atoms with Gasteiger partial charge in [-0.15, -0.1) is 0 Å². The number of hydrogen-bond acceptors (Lipinski definition) is 8. The molecule has 11 nitrogen and oxygen atoms in total. The Morgan fingerprint density at radius 1 is 1.09 bits per heavy atom. The Morgan fingerprint density at radius 3 is 2.51 bits per heavy atom. The molecule has 1 saturated carbocycles. The first kappa shape index (κ1) is 31.2. The molecule has 0 bridgehead atoms. The van der Waals surface area contributed by atoms with Gasteiger partial charge in [-0.1, -0.05) is 67.0 Å². The molecule has 3 heterocycles. The van der Waals surface area contributed by atoms with Crippen molar-refractivity contribution in [2.24, 2.45) is 0 Å². The van der Waals surface area contributed by atoms with Crippen LogP contribution < -0.4 is 62.7 Å². The van der Waals surface area contributed by atoms with Crippen LogP contribution in [-0.2, 0) is 17.6 Å². The SMILES string of the molecule is CCCc1c(Cc2ccc(-c3ccccc3-c3noc(=O)[nH]3)cc2)c(=O)n(C2CCC(OCC#N)CC2)c2ncnn12.[H-].[K+]. The number of nitrogens with one attached hydrogen (secondary N) is 1. The first-order valence-corrected chi connectivity index (χ1v) is 14.3. The number of H-pyrrole nitrogens is 1. The fourth-order valence-electron chi connectivity index (χ4n) is 6.00. The van der Waals surface area contributed by atoms with Crippen molar-refractivity contribution in [1.29, 1.82) is 5.26 Å². The summed E-state index contributed by atoms with van der Waals surface area (Å²) in [5.74, 6) is 0.344. The maximum absolute atomic E-state index is 14.2. The molecule has 0 aliphatic heterocycles. The van der Waals surface area contributed by atoms with Crippen LogP contribution in [0.1, 0.15) is 63.3 Å². The summed E-state index contributed by atoms with van der Waals surface area (Å²) in [6.07, 6.45) is 6.72. The van der Waals surface area contributed by atoms with E-state index in [0.717, 1.165) is 65.6 Å². The van der Waals surface area contributed by atoms with Crippen LogP contribution >= 0.6 is 0 Å². The normalized spacial score (nSPS) is 16.6. The molecule has 2 aromatic carbocycles. The van der Waals surface area contributed by atoms with E-state index in [2.05, 4.69) is 27.1 Å². The number of nitriles is 1. The minimum atomic E-state index is -0.603. The molecule has 0 amide bonds. The third kappa shape index (κ3) is 6.52. The van der Waals surface area contributed by atoms with Crippen molar-refractivity contribution in [3.05, 3.63) is 92.6 Å². The van der Waals surface area contributed by atoms with Crippen LogP contribution in [0.4, 0.5) is 0 Å². The van der Waals surface area contributed by atoms with Crippen molar-refractivity contribution in [1.82, 2.24) is 29.3 Å². The molecule has 3 aromatic heterocycles. The van der Waals surface area contributed by atoms with E-state index in [1.165, 1.54) is 6.33 Å². The van der Waals surface area contributed by atoms with Crippen molar-refractivity contribution < 1.29 is 62.1 Å². The molecule has 1 aliphatic carbocycles. The third-order valence-corrected chi connectivity index (χ3v) is 7.97. The van der Waals surface area contributed by atoms with Gasteiger partial charge in [0.05, 0.1) is 17.9 Å². The van der Waals surface area contributed by atoms with Gasteiger partial charge in [0.25, 0.3) is 5.56 Å². The monoisotopic (exact) mass is 605 g/mol. The quantitative estimate of drug-likeness (QED) is 0.250. The molecule has 6 rings (SSSR count). The van der Waals surface area contributed by atoms with Crippen LogP contribution in [0.5, 0.6) is 0 Å². The zero-order valence-corrected chi connectivity index (χ0v) is 27.4. The van der Waals surface area contributed by atoms with Crippen molar-refractivity contribution in [2.45, 2.75) is 64.0 Å². The average Bonchev–Trinajstić information content (AvgIpc) is 3.68. The first-order chi connectivity index (χ1) is 20.6. The standard InChI is InChI=1S/C31H31N7O4.K.H/c1-2-5-27-26(29(39)37(30-33-19-34-38(27)30)22-12-14-23(15-13-22)41-17-16-32)18-20-8-10-21(11-9-20)24-6-3-4-7-25(24)28-35-31(40)42-36-28;;/h3-4,6-11,19,22-23H,2,5,12-15,17-18H2,1H3,(H,35,36,40);;/q;+1;-1. The van der Waals surface area contributed by atoms with Crippen molar-refractivity contribution in [2.75, 3.05) is 6.61 Å². The molecular weight excluding hydrogens is 573 g/mol. The summed E-state index contributed by atoms with van der Waals surface area (Å²) in [5, 5.41) is 17.2. The molecule has 0 atom stereocenters. The molecule has 216 valence electrons. The van der Waals surface area contributed by atoms with Crippen LogP contribution in [0.25, 0.3) is 28.3 Å². The van der Waals surface area contributed by atoms with E-state index in [0.29, 0.717) is 24.4 Å². The predicted octanol–water partition coefficient (Wildman–Crippen LogP) is 1.58. The van der Waals surface area contributed by atoms with E-state index < -0.39 is 5.76 Å². The van der Waals surface area contributed by atoms with Gasteiger partial charge in [0.1, 0.15) is 12.9 Å².